The highest BCUT2D eigenvalue weighted by atomic mass is 19.1. The van der Waals surface area contributed by atoms with Crippen LogP contribution in [0.2, 0.25) is 0 Å². The van der Waals surface area contributed by atoms with Gasteiger partial charge in [-0.2, -0.15) is 0 Å². The molecule has 0 aromatic heterocycles. The molecule has 1 aromatic carbocycles. The van der Waals surface area contributed by atoms with Crippen molar-refractivity contribution in [2.24, 2.45) is 5.92 Å². The molecule has 2 heterocycles. The number of amides is 1. The SMILES string of the molecule is O=C1Nc2ccc(F)cc2NC2COCC12. The molecule has 3 rings (SSSR count). The molecule has 1 fully saturated rings. The lowest BCUT2D eigenvalue weighted by Gasteiger charge is -2.14. The summed E-state index contributed by atoms with van der Waals surface area (Å²) in [6, 6.07) is 4.22. The molecule has 0 bridgehead atoms. The number of ether oxygens (including phenoxy) is 1. The second-order valence-corrected chi connectivity index (χ2v) is 4.07. The van der Waals surface area contributed by atoms with Crippen LogP contribution in [0.3, 0.4) is 0 Å². The maximum atomic E-state index is 13.1. The monoisotopic (exact) mass is 222 g/mol. The van der Waals surface area contributed by atoms with Crippen molar-refractivity contribution in [1.29, 1.82) is 0 Å². The lowest BCUT2D eigenvalue weighted by atomic mass is 10.0. The fraction of sp³-hybridized carbons (Fsp3) is 0.364. The lowest BCUT2D eigenvalue weighted by molar-refractivity contribution is -0.119. The van der Waals surface area contributed by atoms with Gasteiger partial charge in [0, 0.05) is 0 Å². The highest BCUT2D eigenvalue weighted by molar-refractivity contribution is 5.98. The second-order valence-electron chi connectivity index (χ2n) is 4.07. The van der Waals surface area contributed by atoms with Crippen LogP contribution >= 0.6 is 0 Å². The number of carbonyl (C=O) groups is 1. The molecule has 1 saturated heterocycles. The first-order chi connectivity index (χ1) is 7.74. The van der Waals surface area contributed by atoms with Crippen molar-refractivity contribution in [2.75, 3.05) is 23.8 Å². The molecule has 0 spiro atoms. The molecular weight excluding hydrogens is 211 g/mol. The van der Waals surface area contributed by atoms with Crippen LogP contribution in [-0.4, -0.2) is 25.2 Å². The Bertz CT molecular complexity index is 450. The average molecular weight is 222 g/mol. The lowest BCUT2D eigenvalue weighted by Crippen LogP contribution is -2.33. The Labute approximate surface area is 91.8 Å². The summed E-state index contributed by atoms with van der Waals surface area (Å²) in [6.45, 7) is 0.897. The van der Waals surface area contributed by atoms with E-state index < -0.39 is 0 Å². The van der Waals surface area contributed by atoms with Gasteiger partial charge < -0.3 is 15.4 Å². The fourth-order valence-corrected chi connectivity index (χ4v) is 2.13. The molecule has 0 radical (unpaired) electrons. The van der Waals surface area contributed by atoms with E-state index >= 15 is 0 Å². The number of anilines is 2. The summed E-state index contributed by atoms with van der Waals surface area (Å²) in [5.74, 6) is -0.589. The molecule has 2 atom stereocenters. The van der Waals surface area contributed by atoms with Crippen LogP contribution in [0.1, 0.15) is 0 Å². The molecule has 84 valence electrons. The van der Waals surface area contributed by atoms with Crippen LogP contribution in [0.25, 0.3) is 0 Å². The minimum atomic E-state index is -0.321. The minimum absolute atomic E-state index is 0.0666. The third-order valence-electron chi connectivity index (χ3n) is 3.00. The number of benzene rings is 1. The summed E-state index contributed by atoms with van der Waals surface area (Å²) in [5, 5.41) is 5.92. The van der Waals surface area contributed by atoms with E-state index in [-0.39, 0.29) is 23.7 Å². The Kier molecular flexibility index (Phi) is 2.07. The predicted octanol–water partition coefficient (Wildman–Crippen LogP) is 1.20. The number of hydrogen-bond donors (Lipinski definition) is 2. The Morgan fingerprint density at radius 1 is 1.31 bits per heavy atom. The van der Waals surface area contributed by atoms with Gasteiger partial charge in [-0.3, -0.25) is 4.79 Å². The van der Waals surface area contributed by atoms with E-state index in [0.29, 0.717) is 24.6 Å². The number of halogens is 1. The Morgan fingerprint density at radius 2 is 2.19 bits per heavy atom. The molecule has 5 heteroatoms. The van der Waals surface area contributed by atoms with Crippen LogP contribution in [0.5, 0.6) is 0 Å². The van der Waals surface area contributed by atoms with Crippen molar-refractivity contribution in [3.05, 3.63) is 24.0 Å². The first-order valence-corrected chi connectivity index (χ1v) is 5.19. The van der Waals surface area contributed by atoms with Crippen LogP contribution in [0.15, 0.2) is 18.2 Å². The average Bonchev–Trinajstić information content (AvgIpc) is 2.65. The summed E-state index contributed by atoms with van der Waals surface area (Å²) in [4.78, 5) is 11.8. The third-order valence-corrected chi connectivity index (χ3v) is 3.00. The minimum Gasteiger partial charge on any atom is -0.378 e. The smallest absolute Gasteiger partial charge is 0.232 e. The third kappa shape index (κ3) is 1.44. The normalized spacial score (nSPS) is 27.4. The van der Waals surface area contributed by atoms with Crippen LogP contribution in [0, 0.1) is 11.7 Å². The van der Waals surface area contributed by atoms with E-state index in [2.05, 4.69) is 10.6 Å². The highest BCUT2D eigenvalue weighted by Crippen LogP contribution is 2.30. The molecule has 2 aliphatic heterocycles. The molecular formula is C11H11FN2O2. The van der Waals surface area contributed by atoms with Gasteiger partial charge in [0.25, 0.3) is 0 Å². The van der Waals surface area contributed by atoms with E-state index in [9.17, 15) is 9.18 Å². The van der Waals surface area contributed by atoms with Crippen molar-refractivity contribution in [3.63, 3.8) is 0 Å². The van der Waals surface area contributed by atoms with Crippen LogP contribution in [0.4, 0.5) is 15.8 Å². The van der Waals surface area contributed by atoms with Gasteiger partial charge in [-0.1, -0.05) is 0 Å². The topological polar surface area (TPSA) is 50.4 Å². The zero-order chi connectivity index (χ0) is 11.1. The molecule has 2 N–H and O–H groups in total. The first kappa shape index (κ1) is 9.59. The van der Waals surface area contributed by atoms with Gasteiger partial charge in [0.2, 0.25) is 5.91 Å². The van der Waals surface area contributed by atoms with Gasteiger partial charge in [0.1, 0.15) is 5.82 Å². The molecule has 1 amide bonds. The maximum absolute atomic E-state index is 13.1. The standard InChI is InChI=1S/C11H11FN2O2/c12-6-1-2-8-9(3-6)13-10-5-16-4-7(10)11(15)14-8/h1-3,7,10,13H,4-5H2,(H,14,15). The van der Waals surface area contributed by atoms with E-state index in [1.54, 1.807) is 6.07 Å². The number of carbonyl (C=O) groups excluding carboxylic acids is 1. The van der Waals surface area contributed by atoms with E-state index in [1.807, 2.05) is 0 Å². The Balaban J connectivity index is 2.01. The summed E-state index contributed by atoms with van der Waals surface area (Å²) >= 11 is 0. The summed E-state index contributed by atoms with van der Waals surface area (Å²) < 4.78 is 18.3. The summed E-state index contributed by atoms with van der Waals surface area (Å²) in [6.07, 6.45) is 0. The van der Waals surface area contributed by atoms with Crippen molar-refractivity contribution >= 4 is 17.3 Å². The Morgan fingerprint density at radius 3 is 3.06 bits per heavy atom. The maximum Gasteiger partial charge on any atom is 0.232 e. The van der Waals surface area contributed by atoms with Crippen molar-refractivity contribution < 1.29 is 13.9 Å². The molecule has 2 unspecified atom stereocenters. The second kappa shape index (κ2) is 3.45. The van der Waals surface area contributed by atoms with Crippen LogP contribution in [-0.2, 0) is 9.53 Å². The molecule has 2 aliphatic rings. The molecule has 0 aliphatic carbocycles. The predicted molar refractivity (Wildman–Crippen MR) is 56.7 cm³/mol. The van der Waals surface area contributed by atoms with E-state index in [1.165, 1.54) is 12.1 Å². The molecule has 16 heavy (non-hydrogen) atoms. The van der Waals surface area contributed by atoms with Gasteiger partial charge in [0.15, 0.2) is 0 Å². The quantitative estimate of drug-likeness (QED) is 0.693. The number of fused-ring (bicyclic) bond motifs is 2. The number of hydrogen-bond acceptors (Lipinski definition) is 3. The van der Waals surface area contributed by atoms with Gasteiger partial charge in [0.05, 0.1) is 36.5 Å². The van der Waals surface area contributed by atoms with Crippen LogP contribution < -0.4 is 10.6 Å². The molecule has 4 nitrogen and oxygen atoms in total. The number of rotatable bonds is 0. The zero-order valence-electron chi connectivity index (χ0n) is 8.50. The first-order valence-electron chi connectivity index (χ1n) is 5.19. The fourth-order valence-electron chi connectivity index (χ4n) is 2.13. The largest absolute Gasteiger partial charge is 0.378 e. The summed E-state index contributed by atoms with van der Waals surface area (Å²) in [5.41, 5.74) is 1.24. The van der Waals surface area contributed by atoms with Crippen molar-refractivity contribution in [1.82, 2.24) is 0 Å². The van der Waals surface area contributed by atoms with Crippen molar-refractivity contribution in [3.8, 4) is 0 Å². The number of nitrogens with one attached hydrogen (secondary N) is 2. The Hall–Kier alpha value is -1.62. The van der Waals surface area contributed by atoms with Gasteiger partial charge in [-0.15, -0.1) is 0 Å². The zero-order valence-corrected chi connectivity index (χ0v) is 8.50. The van der Waals surface area contributed by atoms with Gasteiger partial charge in [-0.25, -0.2) is 4.39 Å². The van der Waals surface area contributed by atoms with E-state index in [4.69, 9.17) is 4.74 Å². The van der Waals surface area contributed by atoms with Gasteiger partial charge >= 0.3 is 0 Å². The van der Waals surface area contributed by atoms with Crippen molar-refractivity contribution in [2.45, 2.75) is 6.04 Å². The molecule has 0 saturated carbocycles. The molecule has 1 aromatic rings. The summed E-state index contributed by atoms with van der Waals surface area (Å²) in [7, 11) is 0. The van der Waals surface area contributed by atoms with Gasteiger partial charge in [-0.05, 0) is 18.2 Å². The highest BCUT2D eigenvalue weighted by Gasteiger charge is 2.36. The van der Waals surface area contributed by atoms with E-state index in [0.717, 1.165) is 0 Å².